The fourth-order valence-corrected chi connectivity index (χ4v) is 3.43. The number of benzene rings is 1. The number of likely N-dealkylation sites (tertiary alicyclic amines) is 1. The summed E-state index contributed by atoms with van der Waals surface area (Å²) in [6.45, 7) is 5.77. The highest BCUT2D eigenvalue weighted by Gasteiger charge is 2.24. The highest BCUT2D eigenvalue weighted by molar-refractivity contribution is 5.74. The quantitative estimate of drug-likeness (QED) is 0.503. The number of hydroxylamine groups is 1. The van der Waals surface area contributed by atoms with Gasteiger partial charge in [-0.2, -0.15) is 4.98 Å². The molecule has 0 spiro atoms. The number of carbonyl (C=O) groups is 1. The van der Waals surface area contributed by atoms with Gasteiger partial charge in [-0.05, 0) is 63.0 Å². The summed E-state index contributed by atoms with van der Waals surface area (Å²) in [4.78, 5) is 18.1. The number of hydrogen-bond donors (Lipinski definition) is 2. The average Bonchev–Trinajstić information content (AvgIpc) is 3.21. The lowest BCUT2D eigenvalue weighted by Gasteiger charge is -2.30. The van der Waals surface area contributed by atoms with Crippen LogP contribution in [0.25, 0.3) is 0 Å². The first-order valence-corrected chi connectivity index (χ1v) is 9.87. The summed E-state index contributed by atoms with van der Waals surface area (Å²) >= 11 is 0. The Labute approximate surface area is 164 Å². The van der Waals surface area contributed by atoms with Crippen LogP contribution in [0.5, 0.6) is 5.75 Å². The Morgan fingerprint density at radius 2 is 2.07 bits per heavy atom. The van der Waals surface area contributed by atoms with Gasteiger partial charge in [0.1, 0.15) is 5.75 Å². The van der Waals surface area contributed by atoms with Gasteiger partial charge >= 0.3 is 0 Å². The lowest BCUT2D eigenvalue weighted by molar-refractivity contribution is -0.129. The second-order valence-corrected chi connectivity index (χ2v) is 7.13. The van der Waals surface area contributed by atoms with Gasteiger partial charge in [-0.25, -0.2) is 5.48 Å². The molecule has 3 rings (SSSR count). The van der Waals surface area contributed by atoms with Gasteiger partial charge in [0.15, 0.2) is 12.4 Å². The number of nitrogens with one attached hydrogen (secondary N) is 1. The van der Waals surface area contributed by atoms with E-state index in [1.54, 1.807) is 5.48 Å². The van der Waals surface area contributed by atoms with Crippen LogP contribution in [0.15, 0.2) is 28.8 Å². The maximum absolute atomic E-state index is 11.1. The molecule has 1 aromatic heterocycles. The van der Waals surface area contributed by atoms with Gasteiger partial charge in [0.2, 0.25) is 5.91 Å². The predicted molar refractivity (Wildman–Crippen MR) is 102 cm³/mol. The zero-order chi connectivity index (χ0) is 19.8. The van der Waals surface area contributed by atoms with E-state index in [1.165, 1.54) is 6.42 Å². The smallest absolute Gasteiger partial charge is 0.264 e. The van der Waals surface area contributed by atoms with Crippen molar-refractivity contribution in [3.63, 3.8) is 0 Å². The molecule has 1 aromatic carbocycles. The number of amides is 1. The minimum Gasteiger partial charge on any atom is -0.484 e. The van der Waals surface area contributed by atoms with Crippen LogP contribution in [0.4, 0.5) is 0 Å². The molecule has 2 N–H and O–H groups in total. The minimum absolute atomic E-state index is 0.230. The van der Waals surface area contributed by atoms with Crippen LogP contribution < -0.4 is 10.2 Å². The highest BCUT2D eigenvalue weighted by atomic mass is 16.5. The number of aromatic nitrogens is 2. The van der Waals surface area contributed by atoms with E-state index in [-0.39, 0.29) is 13.0 Å². The number of rotatable bonds is 9. The zero-order valence-electron chi connectivity index (χ0n) is 16.3. The second kappa shape index (κ2) is 10.2. The number of nitrogens with zero attached hydrogens (tertiary/aromatic N) is 3. The van der Waals surface area contributed by atoms with E-state index < -0.39 is 5.91 Å². The Morgan fingerprint density at radius 3 is 2.75 bits per heavy atom. The Bertz CT molecular complexity index is 739. The van der Waals surface area contributed by atoms with Crippen molar-refractivity contribution in [3.8, 4) is 5.75 Å². The number of piperidine rings is 1. The van der Waals surface area contributed by atoms with Crippen molar-refractivity contribution in [2.24, 2.45) is 0 Å². The van der Waals surface area contributed by atoms with Gasteiger partial charge < -0.3 is 14.2 Å². The highest BCUT2D eigenvalue weighted by Crippen LogP contribution is 2.26. The van der Waals surface area contributed by atoms with Crippen molar-refractivity contribution in [1.29, 1.82) is 0 Å². The van der Waals surface area contributed by atoms with E-state index in [9.17, 15) is 4.79 Å². The van der Waals surface area contributed by atoms with Crippen molar-refractivity contribution < 1.29 is 19.3 Å². The van der Waals surface area contributed by atoms with E-state index in [4.69, 9.17) is 14.5 Å². The van der Waals surface area contributed by atoms with Crippen LogP contribution in [-0.4, -0.2) is 45.8 Å². The molecule has 0 saturated carbocycles. The Balaban J connectivity index is 1.45. The monoisotopic (exact) mass is 388 g/mol. The summed E-state index contributed by atoms with van der Waals surface area (Å²) < 4.78 is 11.1. The summed E-state index contributed by atoms with van der Waals surface area (Å²) in [5, 5.41) is 12.7. The maximum Gasteiger partial charge on any atom is 0.264 e. The van der Waals surface area contributed by atoms with Crippen LogP contribution in [-0.2, 0) is 17.8 Å². The molecule has 0 atom stereocenters. The first kappa shape index (κ1) is 20.3. The van der Waals surface area contributed by atoms with Crippen molar-refractivity contribution >= 4 is 5.91 Å². The molecule has 2 aromatic rings. The standard InChI is InChI=1S/C20H28N4O4/c1-2-11-24-12-9-16(10-13-24)20-21-19(28-23-20)14-27-17-6-3-15(4-7-17)5-8-18(25)22-26/h3-4,6-7,16,26H,2,5,8-14H2,1H3,(H,22,25). The fourth-order valence-electron chi connectivity index (χ4n) is 3.43. The molecule has 0 bridgehead atoms. The molecule has 152 valence electrons. The molecule has 2 heterocycles. The average molecular weight is 388 g/mol. The minimum atomic E-state index is -0.399. The summed E-state index contributed by atoms with van der Waals surface area (Å²) in [7, 11) is 0. The van der Waals surface area contributed by atoms with Crippen LogP contribution in [0.3, 0.4) is 0 Å². The molecule has 1 aliphatic heterocycles. The Hall–Kier alpha value is -2.45. The summed E-state index contributed by atoms with van der Waals surface area (Å²) in [5.41, 5.74) is 2.62. The molecule has 8 heteroatoms. The molecule has 0 aliphatic carbocycles. The second-order valence-electron chi connectivity index (χ2n) is 7.13. The third-order valence-electron chi connectivity index (χ3n) is 5.03. The molecule has 0 unspecified atom stereocenters. The van der Waals surface area contributed by atoms with E-state index >= 15 is 0 Å². The van der Waals surface area contributed by atoms with Crippen molar-refractivity contribution in [3.05, 3.63) is 41.5 Å². The lowest BCUT2D eigenvalue weighted by atomic mass is 9.96. The fraction of sp³-hybridized carbons (Fsp3) is 0.550. The largest absolute Gasteiger partial charge is 0.484 e. The number of carbonyl (C=O) groups excluding carboxylic acids is 1. The molecule has 0 radical (unpaired) electrons. The van der Waals surface area contributed by atoms with E-state index in [1.807, 2.05) is 24.3 Å². The summed E-state index contributed by atoms with van der Waals surface area (Å²) in [5.74, 6) is 1.93. The SMILES string of the molecule is CCCN1CCC(c2noc(COc3ccc(CCC(=O)NO)cc3)n2)CC1. The van der Waals surface area contributed by atoms with E-state index in [0.717, 1.165) is 43.9 Å². The number of hydrogen-bond acceptors (Lipinski definition) is 7. The summed E-state index contributed by atoms with van der Waals surface area (Å²) in [6.07, 6.45) is 4.11. The van der Waals surface area contributed by atoms with Gasteiger partial charge in [-0.3, -0.25) is 10.0 Å². The molecule has 1 fully saturated rings. The van der Waals surface area contributed by atoms with Crippen LogP contribution >= 0.6 is 0 Å². The van der Waals surface area contributed by atoms with Crippen LogP contribution in [0.2, 0.25) is 0 Å². The van der Waals surface area contributed by atoms with E-state index in [2.05, 4.69) is 22.0 Å². The molecule has 8 nitrogen and oxygen atoms in total. The molecular weight excluding hydrogens is 360 g/mol. The normalized spacial score (nSPS) is 15.5. The third-order valence-corrected chi connectivity index (χ3v) is 5.03. The van der Waals surface area contributed by atoms with Crippen LogP contribution in [0.1, 0.15) is 55.8 Å². The molecular formula is C20H28N4O4. The van der Waals surface area contributed by atoms with Gasteiger partial charge in [0.05, 0.1) is 0 Å². The number of aryl methyl sites for hydroxylation is 1. The molecule has 28 heavy (non-hydrogen) atoms. The molecule has 1 aliphatic rings. The van der Waals surface area contributed by atoms with Gasteiger partial charge in [0, 0.05) is 12.3 Å². The topological polar surface area (TPSA) is 101 Å². The van der Waals surface area contributed by atoms with Gasteiger partial charge in [0.25, 0.3) is 5.89 Å². The first-order valence-electron chi connectivity index (χ1n) is 9.87. The van der Waals surface area contributed by atoms with Crippen molar-refractivity contribution in [2.45, 2.75) is 51.6 Å². The Morgan fingerprint density at radius 1 is 1.32 bits per heavy atom. The lowest BCUT2D eigenvalue weighted by Crippen LogP contribution is -2.33. The van der Waals surface area contributed by atoms with Crippen molar-refractivity contribution in [1.82, 2.24) is 20.5 Å². The third kappa shape index (κ3) is 5.77. The zero-order valence-corrected chi connectivity index (χ0v) is 16.3. The van der Waals surface area contributed by atoms with Gasteiger partial charge in [-0.1, -0.05) is 24.2 Å². The Kier molecular flexibility index (Phi) is 7.39. The van der Waals surface area contributed by atoms with Gasteiger partial charge in [-0.15, -0.1) is 0 Å². The van der Waals surface area contributed by atoms with E-state index in [0.29, 0.717) is 24.0 Å². The van der Waals surface area contributed by atoms with Crippen LogP contribution in [0, 0.1) is 0 Å². The molecule has 1 saturated heterocycles. The van der Waals surface area contributed by atoms with Crippen molar-refractivity contribution in [2.75, 3.05) is 19.6 Å². The predicted octanol–water partition coefficient (Wildman–Crippen LogP) is 2.68. The maximum atomic E-state index is 11.1. The number of ether oxygens (including phenoxy) is 1. The molecule has 1 amide bonds. The first-order chi connectivity index (χ1) is 13.7. The summed E-state index contributed by atoms with van der Waals surface area (Å²) in [6, 6.07) is 7.46.